The molecule has 12 unspecified atom stereocenters. The summed E-state index contributed by atoms with van der Waals surface area (Å²) in [6, 6.07) is 55.1. The summed E-state index contributed by atoms with van der Waals surface area (Å²) >= 11 is 4.50. The molecule has 7 aromatic carbocycles. The van der Waals surface area contributed by atoms with Gasteiger partial charge in [0.2, 0.25) is 29.5 Å². The van der Waals surface area contributed by atoms with Crippen LogP contribution in [0, 0.1) is 0 Å². The highest BCUT2D eigenvalue weighted by atomic mass is 32.1. The molecule has 4 aliphatic carbocycles. The van der Waals surface area contributed by atoms with Crippen molar-refractivity contribution in [3.05, 3.63) is 298 Å². The van der Waals surface area contributed by atoms with Gasteiger partial charge in [0.05, 0.1) is 48.3 Å². The molecule has 7 amide bonds. The Kier molecular flexibility index (Phi) is 31.2. The number of phenols is 4. The summed E-state index contributed by atoms with van der Waals surface area (Å²) in [5.41, 5.74) is 15.5. The fraction of sp³-hybridized carbons (Fsp3) is 0.305. The van der Waals surface area contributed by atoms with E-state index in [-0.39, 0.29) is 133 Å². The van der Waals surface area contributed by atoms with Gasteiger partial charge in [-0.1, -0.05) is 103 Å². The van der Waals surface area contributed by atoms with Crippen LogP contribution in [0.1, 0.15) is 152 Å². The number of carboxylic acid groups (broad SMARTS) is 1. The number of aromatic nitrogens is 4. The first-order chi connectivity index (χ1) is 68.0. The van der Waals surface area contributed by atoms with Crippen molar-refractivity contribution in [2.45, 2.75) is 173 Å². The molecule has 728 valence electrons. The lowest BCUT2D eigenvalue weighted by Crippen LogP contribution is -2.60. The van der Waals surface area contributed by atoms with E-state index in [4.69, 9.17) is 35.5 Å². The molecule has 8 aliphatic rings. The molecule has 12 aromatic rings. The summed E-state index contributed by atoms with van der Waals surface area (Å²) in [5.74, 6) is -5.11. The van der Waals surface area contributed by atoms with Crippen LogP contribution in [0.4, 0.5) is 0 Å². The molecule has 0 bridgehead atoms. The average Bonchev–Trinajstić information content (AvgIpc) is 1.64. The zero-order valence-corrected chi connectivity index (χ0v) is 78.8. The lowest BCUT2D eigenvalue weighted by molar-refractivity contribution is -0.131. The number of pyridine rings is 1. The molecule has 12 atom stereocenters. The second-order valence-corrected chi connectivity index (χ2v) is 38.6. The van der Waals surface area contributed by atoms with Gasteiger partial charge < -0.3 is 92.4 Å². The number of aromatic hydroxyl groups is 4. The van der Waals surface area contributed by atoms with Crippen molar-refractivity contribution in [1.29, 1.82) is 0 Å². The number of carbonyl (C=O) groups excluding carboxylic acids is 11. The Morgan fingerprint density at radius 3 is 1.33 bits per heavy atom. The number of thiazole rings is 1. The van der Waals surface area contributed by atoms with Gasteiger partial charge in [-0.3, -0.25) is 57.7 Å². The normalized spacial score (nSPS) is 21.8. The zero-order valence-electron chi connectivity index (χ0n) is 76.4. The van der Waals surface area contributed by atoms with Gasteiger partial charge in [0.1, 0.15) is 88.7 Å². The number of imidazole rings is 1. The number of carbonyl (C=O) groups is 12. The highest BCUT2D eigenvalue weighted by molar-refractivity contribution is 7.14. The first-order valence-corrected chi connectivity index (χ1v) is 48.8. The van der Waals surface area contributed by atoms with Crippen LogP contribution in [-0.4, -0.2) is 207 Å². The molecule has 8 fully saturated rings. The number of primary amides is 1. The second-order valence-electron chi connectivity index (χ2n) is 35.8. The van der Waals surface area contributed by atoms with Crippen molar-refractivity contribution in [3.8, 4) is 60.1 Å². The standard InChI is InChI=1S/C27H26N2O5S.C26H26N4O5.C26H25N3O5S.C16H20N2O4.C10H7NO2S/c30-20-5-1-4-17(14-20)15-21(26(33)29-27-12-2-7-24(27)34-16-23(27)31)28-25(32)19-10-8-18(9-11-19)22-6-3-13-35-22;27-24(33)19-7-6-17(30-10-9-28-15-30)13-20(19)21(12-16-3-1-4-18(31)11-16)25(34)29-26-8-2-5-23(26)35-14-22(26)32;30-19-5-1-4-16(10-19)11-20(25(33)29-26-8-2-7-23(26)34-15-22(26)31)28-24(32)18-12-17(13-27-14-18)21-6-3-9-35-21;17-12(8-10-3-1-4-11(19)7-10)15(21)18-16-6-2-5-14(16)22-9-13(16)20;12-10(13)8-6-14-9(11-8)7-4-2-1-3-5-7/h1,3-6,8-11,13-14,21,24,30H,2,7,12,15-16H2,(H,28,32)(H,29,33);1,3-4,6-7,9-11,13,15,21,23,31H,2,5,8,12,14H2,(H2,27,33)(H,29,34);1,3-6,9-10,12-14,20,23,30H,2,7-8,11,15H2,(H,28,32)(H,29,33);1,3-4,7,12,14,19H,2,5-6,8-9,17H2,(H,18,21);1-6H,(H,12,13). The third kappa shape index (κ3) is 22.9. The summed E-state index contributed by atoms with van der Waals surface area (Å²) in [6.07, 6.45) is 15.9. The van der Waals surface area contributed by atoms with Crippen molar-refractivity contribution in [2.75, 3.05) is 26.4 Å². The minimum atomic E-state index is -1.05. The van der Waals surface area contributed by atoms with E-state index in [1.165, 1.54) is 23.6 Å². The fourth-order valence-corrected chi connectivity index (χ4v) is 21.7. The van der Waals surface area contributed by atoms with E-state index in [1.54, 1.807) is 185 Å². The Morgan fingerprint density at radius 2 is 0.894 bits per heavy atom. The molecule has 0 radical (unpaired) electrons. The molecular weight excluding hydrogens is 1860 g/mol. The molecule has 141 heavy (non-hydrogen) atoms. The number of hydrogen-bond acceptors (Lipinski definition) is 27. The zero-order chi connectivity index (χ0) is 99.1. The number of benzene rings is 7. The number of nitrogens with two attached hydrogens (primary N) is 2. The Hall–Kier alpha value is -14.6. The summed E-state index contributed by atoms with van der Waals surface area (Å²) in [4.78, 5) is 167. The number of amides is 7. The van der Waals surface area contributed by atoms with Gasteiger partial charge in [-0.25, -0.2) is 14.8 Å². The van der Waals surface area contributed by atoms with Gasteiger partial charge in [0, 0.05) is 80.7 Å². The van der Waals surface area contributed by atoms with E-state index < -0.39 is 87.6 Å². The number of ether oxygens (including phenoxy) is 4. The maximum absolute atomic E-state index is 13.9. The second kappa shape index (κ2) is 44.2. The van der Waals surface area contributed by atoms with Crippen LogP contribution >= 0.6 is 34.0 Å². The monoisotopic (exact) mass is 1960 g/mol. The molecule has 33 nitrogen and oxygen atoms in total. The van der Waals surface area contributed by atoms with Gasteiger partial charge in [-0.2, -0.15) is 0 Å². The average molecular weight is 1970 g/mol. The minimum absolute atomic E-state index is 0.00881. The van der Waals surface area contributed by atoms with E-state index in [0.29, 0.717) is 90.4 Å². The van der Waals surface area contributed by atoms with E-state index in [1.807, 2.05) is 77.5 Å². The lowest BCUT2D eigenvalue weighted by atomic mass is 9.85. The SMILES string of the molecule is NC(=O)c1ccc(-n2ccnc2)cc1C(Cc1cccc(O)c1)C(=O)NC12CCCC1OCC2=O.NC(Cc1cccc(O)c1)C(=O)NC12CCCC1OCC2=O.O=C(NC(Cc1cccc(O)c1)C(=O)NC12CCCC1OCC2=O)c1ccc(-c2cccs2)cc1.O=C(NC(Cc1cccc(O)c1)C(=O)NC12CCCC1OCC2=O)c1cncc(-c2cccs2)c1.O=C(O)c1csc(-c2ccccc2)n1. The molecule has 0 spiro atoms. The van der Waals surface area contributed by atoms with E-state index in [2.05, 4.69) is 46.9 Å². The highest BCUT2D eigenvalue weighted by Gasteiger charge is 2.59. The van der Waals surface area contributed by atoms with Crippen molar-refractivity contribution in [2.24, 2.45) is 11.5 Å². The van der Waals surface area contributed by atoms with Crippen LogP contribution in [0.25, 0.3) is 37.1 Å². The fourth-order valence-electron chi connectivity index (χ4n) is 19.5. The van der Waals surface area contributed by atoms with Crippen LogP contribution in [0.5, 0.6) is 23.0 Å². The maximum Gasteiger partial charge on any atom is 0.355 e. The number of nitrogens with one attached hydrogen (secondary N) is 6. The Balaban J connectivity index is 0.000000131. The van der Waals surface area contributed by atoms with Crippen molar-refractivity contribution < 1.29 is 102 Å². The first-order valence-electron chi connectivity index (χ1n) is 46.2. The molecule has 4 aliphatic heterocycles. The third-order valence-corrected chi connectivity index (χ3v) is 29.4. The summed E-state index contributed by atoms with van der Waals surface area (Å²) in [5, 5.41) is 71.5. The van der Waals surface area contributed by atoms with Crippen molar-refractivity contribution in [1.82, 2.24) is 51.4 Å². The molecular formula is C105H104N12O21S3. The number of ketones is 4. The molecule has 4 saturated heterocycles. The lowest BCUT2D eigenvalue weighted by Gasteiger charge is -2.30. The minimum Gasteiger partial charge on any atom is -0.508 e. The Labute approximate surface area is 821 Å². The van der Waals surface area contributed by atoms with E-state index in [0.717, 1.165) is 69.1 Å². The largest absolute Gasteiger partial charge is 0.508 e. The van der Waals surface area contributed by atoms with Crippen molar-refractivity contribution >= 4 is 104 Å². The number of thiophene rings is 2. The number of aromatic carboxylic acids is 1. The summed E-state index contributed by atoms with van der Waals surface area (Å²) < 4.78 is 24.1. The smallest absolute Gasteiger partial charge is 0.355 e. The Bertz CT molecular complexity index is 6610. The van der Waals surface area contributed by atoms with Gasteiger partial charge >= 0.3 is 5.97 Å². The van der Waals surface area contributed by atoms with E-state index in [9.17, 15) is 78.0 Å². The predicted molar refractivity (Wildman–Crippen MR) is 522 cm³/mol. The van der Waals surface area contributed by atoms with Gasteiger partial charge in [-0.05, 0) is 231 Å². The number of nitrogens with zero attached hydrogens (tertiary/aromatic N) is 4. The third-order valence-electron chi connectivity index (χ3n) is 26.7. The van der Waals surface area contributed by atoms with Crippen molar-refractivity contribution in [3.63, 3.8) is 0 Å². The quantitative estimate of drug-likeness (QED) is 0.0227. The molecule has 5 aromatic heterocycles. The van der Waals surface area contributed by atoms with Crippen LogP contribution in [-0.2, 0) is 83.0 Å². The van der Waals surface area contributed by atoms with E-state index >= 15 is 0 Å². The number of carboxylic acids is 1. The van der Waals surface area contributed by atoms with Gasteiger partial charge in [0.15, 0.2) is 28.8 Å². The number of rotatable bonds is 27. The molecule has 4 saturated carbocycles. The number of fused-ring (bicyclic) bond motifs is 4. The summed E-state index contributed by atoms with van der Waals surface area (Å²) in [7, 11) is 0. The molecule has 9 heterocycles. The number of phenolic OH excluding ortho intramolecular Hbond substituents is 4. The number of Topliss-reactive ketones (excluding diaryl/α,β-unsaturated/α-hetero) is 4. The summed E-state index contributed by atoms with van der Waals surface area (Å²) in [6.45, 7) is 0.0123. The highest BCUT2D eigenvalue weighted by Crippen LogP contribution is 2.44. The maximum atomic E-state index is 13.9. The van der Waals surface area contributed by atoms with Gasteiger partial charge in [0.25, 0.3) is 11.8 Å². The Morgan fingerprint density at radius 1 is 0.447 bits per heavy atom. The van der Waals surface area contributed by atoms with Gasteiger partial charge in [-0.15, -0.1) is 34.0 Å². The topological polar surface area (TPSA) is 511 Å². The van der Waals surface area contributed by atoms with Crippen LogP contribution in [0.2, 0.25) is 0 Å². The van der Waals surface area contributed by atoms with Crippen LogP contribution < -0.4 is 43.4 Å². The first kappa shape index (κ1) is 99.4. The molecule has 20 rings (SSSR count). The molecule has 36 heteroatoms. The van der Waals surface area contributed by atoms with Crippen LogP contribution in [0.3, 0.4) is 0 Å². The predicted octanol–water partition coefficient (Wildman–Crippen LogP) is 11.1. The molecule has 15 N–H and O–H groups in total. The number of hydrogen-bond donors (Lipinski definition) is 13. The van der Waals surface area contributed by atoms with Crippen LogP contribution in [0.15, 0.2) is 247 Å².